The third-order valence-electron chi connectivity index (χ3n) is 5.16. The van der Waals surface area contributed by atoms with E-state index in [9.17, 15) is 9.59 Å². The maximum absolute atomic E-state index is 13.2. The van der Waals surface area contributed by atoms with Crippen LogP contribution in [0.25, 0.3) is 0 Å². The van der Waals surface area contributed by atoms with Crippen LogP contribution in [0.15, 0.2) is 59.6 Å². The smallest absolute Gasteiger partial charge is 0.242 e. The van der Waals surface area contributed by atoms with Crippen LogP contribution in [0.5, 0.6) is 5.75 Å². The molecule has 8 heteroatoms. The van der Waals surface area contributed by atoms with E-state index in [2.05, 4.69) is 10.3 Å². The van der Waals surface area contributed by atoms with Crippen LogP contribution in [0.3, 0.4) is 0 Å². The van der Waals surface area contributed by atoms with E-state index in [4.69, 9.17) is 9.47 Å². The highest BCUT2D eigenvalue weighted by Gasteiger charge is 2.40. The number of amidine groups is 1. The fourth-order valence-electron chi connectivity index (χ4n) is 3.62. The molecule has 0 aromatic heterocycles. The molecule has 1 N–H and O–H groups in total. The van der Waals surface area contributed by atoms with Crippen LogP contribution in [0.2, 0.25) is 0 Å². The van der Waals surface area contributed by atoms with Crippen molar-refractivity contribution in [2.45, 2.75) is 30.6 Å². The third kappa shape index (κ3) is 5.26. The summed E-state index contributed by atoms with van der Waals surface area (Å²) in [5.41, 5.74) is 1.36. The third-order valence-corrected chi connectivity index (χ3v) is 6.34. The molecule has 2 unspecified atom stereocenters. The van der Waals surface area contributed by atoms with E-state index in [1.54, 1.807) is 24.1 Å². The molecule has 7 nitrogen and oxygen atoms in total. The van der Waals surface area contributed by atoms with Crippen LogP contribution in [0, 0.1) is 0 Å². The van der Waals surface area contributed by atoms with Crippen molar-refractivity contribution in [3.05, 3.63) is 54.6 Å². The molecule has 2 aliphatic rings. The summed E-state index contributed by atoms with van der Waals surface area (Å²) in [6, 6.07) is 16.7. The number of aliphatic imine (C=N–C) groups is 1. The van der Waals surface area contributed by atoms with E-state index in [1.807, 2.05) is 42.5 Å². The number of para-hydroxylation sites is 3. The van der Waals surface area contributed by atoms with Gasteiger partial charge in [-0.2, -0.15) is 0 Å². The summed E-state index contributed by atoms with van der Waals surface area (Å²) in [5, 5.41) is 2.93. The first-order chi connectivity index (χ1) is 15.1. The van der Waals surface area contributed by atoms with Gasteiger partial charge in [-0.25, -0.2) is 4.99 Å². The lowest BCUT2D eigenvalue weighted by Gasteiger charge is -2.20. The summed E-state index contributed by atoms with van der Waals surface area (Å²) in [4.78, 5) is 32.2. The van der Waals surface area contributed by atoms with Crippen LogP contribution in [-0.2, 0) is 14.3 Å². The van der Waals surface area contributed by atoms with Crippen molar-refractivity contribution in [2.24, 2.45) is 4.99 Å². The number of carbonyl (C=O) groups excluding carboxylic acids is 2. The number of benzene rings is 2. The van der Waals surface area contributed by atoms with Crippen LogP contribution in [0.1, 0.15) is 19.3 Å². The minimum Gasteiger partial charge on any atom is -0.495 e. The first kappa shape index (κ1) is 21.4. The van der Waals surface area contributed by atoms with Crippen molar-refractivity contribution in [3.8, 4) is 5.75 Å². The number of ether oxygens (including phenoxy) is 2. The standard InChI is InChI=1S/C23H25N3O4S/c1-29-19-12-6-5-11-18(19)25-21(27)14-20-22(28)26(15-17-10-7-13-30-17)23(31-20)24-16-8-3-2-4-9-16/h2-6,8-9,11-12,17,20H,7,10,13-15H2,1H3,(H,25,27). The van der Waals surface area contributed by atoms with Crippen LogP contribution >= 0.6 is 11.8 Å². The van der Waals surface area contributed by atoms with Crippen molar-refractivity contribution in [1.82, 2.24) is 4.90 Å². The zero-order valence-corrected chi connectivity index (χ0v) is 18.1. The summed E-state index contributed by atoms with van der Waals surface area (Å²) < 4.78 is 11.0. The lowest BCUT2D eigenvalue weighted by Crippen LogP contribution is -2.38. The summed E-state index contributed by atoms with van der Waals surface area (Å²) in [5.74, 6) is 0.228. The number of carbonyl (C=O) groups is 2. The average Bonchev–Trinajstić information content (AvgIpc) is 3.39. The Labute approximate surface area is 185 Å². The van der Waals surface area contributed by atoms with Gasteiger partial charge in [-0.3, -0.25) is 14.5 Å². The van der Waals surface area contributed by atoms with Crippen LogP contribution in [-0.4, -0.2) is 53.5 Å². The minimum absolute atomic E-state index is 0.00619. The molecular formula is C23H25N3O4S. The van der Waals surface area contributed by atoms with Crippen molar-refractivity contribution in [3.63, 3.8) is 0 Å². The zero-order chi connectivity index (χ0) is 21.6. The highest BCUT2D eigenvalue weighted by molar-refractivity contribution is 8.15. The molecule has 4 rings (SSSR count). The van der Waals surface area contributed by atoms with Crippen LogP contribution in [0.4, 0.5) is 11.4 Å². The van der Waals surface area contributed by atoms with E-state index in [0.717, 1.165) is 25.1 Å². The van der Waals surface area contributed by atoms with E-state index in [1.165, 1.54) is 11.8 Å². The molecule has 0 aliphatic carbocycles. The number of rotatable bonds is 7. The lowest BCUT2D eigenvalue weighted by molar-refractivity contribution is -0.129. The van der Waals surface area contributed by atoms with E-state index >= 15 is 0 Å². The van der Waals surface area contributed by atoms with Gasteiger partial charge >= 0.3 is 0 Å². The highest BCUT2D eigenvalue weighted by atomic mass is 32.2. The van der Waals surface area contributed by atoms with Gasteiger partial charge in [0.1, 0.15) is 11.0 Å². The first-order valence-corrected chi connectivity index (χ1v) is 11.2. The van der Waals surface area contributed by atoms with E-state index in [0.29, 0.717) is 23.1 Å². The SMILES string of the molecule is COc1ccccc1NC(=O)CC1SC(=Nc2ccccc2)N(CC2CCCO2)C1=O. The van der Waals surface area contributed by atoms with Crippen molar-refractivity contribution in [2.75, 3.05) is 25.6 Å². The van der Waals surface area contributed by atoms with Crippen molar-refractivity contribution < 1.29 is 19.1 Å². The Morgan fingerprint density at radius 1 is 1.23 bits per heavy atom. The van der Waals surface area contributed by atoms with Gasteiger partial charge in [-0.15, -0.1) is 0 Å². The fourth-order valence-corrected chi connectivity index (χ4v) is 4.78. The molecule has 2 atom stereocenters. The molecule has 0 saturated carbocycles. The quantitative estimate of drug-likeness (QED) is 0.709. The minimum atomic E-state index is -0.529. The van der Waals surface area contributed by atoms with Crippen LogP contribution < -0.4 is 10.1 Å². The topological polar surface area (TPSA) is 80.2 Å². The predicted octanol–water partition coefficient (Wildman–Crippen LogP) is 3.83. The molecule has 0 bridgehead atoms. The summed E-state index contributed by atoms with van der Waals surface area (Å²) in [6.07, 6.45) is 1.98. The van der Waals surface area contributed by atoms with Gasteiger partial charge in [-0.1, -0.05) is 42.1 Å². The molecule has 2 fully saturated rings. The second kappa shape index (κ2) is 9.98. The first-order valence-electron chi connectivity index (χ1n) is 10.3. The van der Waals surface area contributed by atoms with Gasteiger partial charge in [0.05, 0.1) is 31.1 Å². The molecule has 2 heterocycles. The fraction of sp³-hybridized carbons (Fsp3) is 0.348. The average molecular weight is 440 g/mol. The number of hydrogen-bond donors (Lipinski definition) is 1. The predicted molar refractivity (Wildman–Crippen MR) is 122 cm³/mol. The molecule has 2 saturated heterocycles. The van der Waals surface area contributed by atoms with Gasteiger partial charge < -0.3 is 14.8 Å². The Morgan fingerprint density at radius 3 is 2.74 bits per heavy atom. The van der Waals surface area contributed by atoms with Crippen molar-refractivity contribution >= 4 is 40.1 Å². The summed E-state index contributed by atoms with van der Waals surface area (Å²) >= 11 is 1.33. The molecule has 2 amide bonds. The van der Waals surface area contributed by atoms with Gasteiger partial charge in [0, 0.05) is 13.0 Å². The maximum atomic E-state index is 13.2. The summed E-state index contributed by atoms with van der Waals surface area (Å²) in [7, 11) is 1.55. The van der Waals surface area contributed by atoms with Crippen molar-refractivity contribution in [1.29, 1.82) is 0 Å². The largest absolute Gasteiger partial charge is 0.495 e. The molecule has 162 valence electrons. The Morgan fingerprint density at radius 2 is 2.00 bits per heavy atom. The van der Waals surface area contributed by atoms with E-state index < -0.39 is 5.25 Å². The Kier molecular flexibility index (Phi) is 6.89. The normalized spacial score (nSPS) is 22.2. The molecule has 0 radical (unpaired) electrons. The summed E-state index contributed by atoms with van der Waals surface area (Å²) in [6.45, 7) is 1.18. The Balaban J connectivity index is 1.49. The van der Waals surface area contributed by atoms with Gasteiger partial charge in [-0.05, 0) is 37.1 Å². The highest BCUT2D eigenvalue weighted by Crippen LogP contribution is 2.33. The molecule has 2 aromatic rings. The van der Waals surface area contributed by atoms with Gasteiger partial charge in [0.2, 0.25) is 11.8 Å². The molecule has 2 aromatic carbocycles. The number of nitrogens with zero attached hydrogens (tertiary/aromatic N) is 2. The number of amides is 2. The second-order valence-electron chi connectivity index (χ2n) is 7.37. The number of methoxy groups -OCH3 is 1. The molecule has 2 aliphatic heterocycles. The molecular weight excluding hydrogens is 414 g/mol. The number of anilines is 1. The molecule has 31 heavy (non-hydrogen) atoms. The maximum Gasteiger partial charge on any atom is 0.242 e. The second-order valence-corrected chi connectivity index (χ2v) is 8.54. The van der Waals surface area contributed by atoms with E-state index in [-0.39, 0.29) is 24.3 Å². The molecule has 0 spiro atoms. The monoisotopic (exact) mass is 439 g/mol. The zero-order valence-electron chi connectivity index (χ0n) is 17.3. The van der Waals surface area contributed by atoms with Gasteiger partial charge in [0.15, 0.2) is 5.17 Å². The van der Waals surface area contributed by atoms with Gasteiger partial charge in [0.25, 0.3) is 0 Å². The lowest BCUT2D eigenvalue weighted by atomic mass is 10.2. The number of thioether (sulfide) groups is 1. The Bertz CT molecular complexity index is 960. The number of hydrogen-bond acceptors (Lipinski definition) is 6. The Hall–Kier alpha value is -2.84. The number of nitrogens with one attached hydrogen (secondary N) is 1.